The Hall–Kier alpha value is 1.83. The minimum atomic E-state index is -1.22. The SMILES string of the molecule is NCC(=O)[O-].[Cl-].[Cl-].[Cl-].[Cr+3].[Na+]. The minimum Gasteiger partial charge on any atom is -1.00 e. The summed E-state index contributed by atoms with van der Waals surface area (Å²) in [6, 6.07) is 0. The largest absolute Gasteiger partial charge is 3.00 e. The molecule has 0 unspecified atom stereocenters. The van der Waals surface area contributed by atoms with E-state index in [0.717, 1.165) is 0 Å². The van der Waals surface area contributed by atoms with Gasteiger partial charge in [-0.2, -0.15) is 0 Å². The predicted molar refractivity (Wildman–Crippen MR) is 14.1 cm³/mol. The first-order valence-corrected chi connectivity index (χ1v) is 1.17. The first kappa shape index (κ1) is 40.8. The molecule has 1 radical (unpaired) electrons. The van der Waals surface area contributed by atoms with Gasteiger partial charge in [0.1, 0.15) is 0 Å². The van der Waals surface area contributed by atoms with Crippen LogP contribution in [0.2, 0.25) is 0 Å². The number of hydrogen-bond donors (Lipinski definition) is 1. The zero-order chi connectivity index (χ0) is 4.28. The van der Waals surface area contributed by atoms with Crippen molar-refractivity contribution in [3.8, 4) is 0 Å². The molecule has 0 aromatic rings. The minimum absolute atomic E-state index is 0. The number of rotatable bonds is 1. The second-order valence-corrected chi connectivity index (χ2v) is 0.576. The van der Waals surface area contributed by atoms with Crippen LogP contribution in [-0.2, 0) is 22.2 Å². The van der Waals surface area contributed by atoms with Crippen molar-refractivity contribution in [1.29, 1.82) is 0 Å². The van der Waals surface area contributed by atoms with E-state index >= 15 is 0 Å². The van der Waals surface area contributed by atoms with E-state index in [1.165, 1.54) is 0 Å². The molecule has 0 saturated carbocycles. The van der Waals surface area contributed by atoms with Gasteiger partial charge >= 0.3 is 46.9 Å². The van der Waals surface area contributed by atoms with Crippen LogP contribution in [0.1, 0.15) is 0 Å². The second kappa shape index (κ2) is 30.8. The van der Waals surface area contributed by atoms with Crippen molar-refractivity contribution < 1.29 is 94.0 Å². The fraction of sp³-hybridized carbons (Fsp3) is 0.500. The van der Waals surface area contributed by atoms with Gasteiger partial charge in [-0.25, -0.2) is 0 Å². The molecule has 0 amide bonds. The molecule has 0 fully saturated rings. The number of carbonyl (C=O) groups is 1. The quantitative estimate of drug-likeness (QED) is 0.473. The van der Waals surface area contributed by atoms with Crippen molar-refractivity contribution in [1.82, 2.24) is 0 Å². The van der Waals surface area contributed by atoms with Crippen LogP contribution in [0.3, 0.4) is 0 Å². The van der Waals surface area contributed by atoms with Crippen molar-refractivity contribution in [2.75, 3.05) is 6.54 Å². The van der Waals surface area contributed by atoms with Crippen molar-refractivity contribution >= 4 is 5.97 Å². The summed E-state index contributed by atoms with van der Waals surface area (Å²) in [7, 11) is 0. The molecule has 3 nitrogen and oxygen atoms in total. The van der Waals surface area contributed by atoms with E-state index < -0.39 is 5.97 Å². The van der Waals surface area contributed by atoms with Crippen molar-refractivity contribution in [3.05, 3.63) is 0 Å². The van der Waals surface area contributed by atoms with Crippen LogP contribution in [0.15, 0.2) is 0 Å². The summed E-state index contributed by atoms with van der Waals surface area (Å²) < 4.78 is 0. The smallest absolute Gasteiger partial charge is 1.00 e. The van der Waals surface area contributed by atoms with Gasteiger partial charge in [0, 0.05) is 6.54 Å². The fourth-order valence-electron chi connectivity index (χ4n) is 0. The molecule has 0 bridgehead atoms. The Kier molecular flexibility index (Phi) is 126. The second-order valence-electron chi connectivity index (χ2n) is 0.576. The molecule has 2 N–H and O–H groups in total. The van der Waals surface area contributed by atoms with Gasteiger partial charge in [0.05, 0.1) is 5.97 Å². The first-order valence-electron chi connectivity index (χ1n) is 1.17. The molecule has 10 heavy (non-hydrogen) atoms. The molecule has 0 aromatic heterocycles. The Morgan fingerprint density at radius 2 is 1.40 bits per heavy atom. The summed E-state index contributed by atoms with van der Waals surface area (Å²) >= 11 is 0. The van der Waals surface area contributed by atoms with Gasteiger partial charge < -0.3 is 52.9 Å². The van der Waals surface area contributed by atoms with Crippen LogP contribution >= 0.6 is 0 Å². The Morgan fingerprint density at radius 1 is 1.30 bits per heavy atom. The maximum atomic E-state index is 9.13. The predicted octanol–water partition coefficient (Wildman–Crippen LogP) is -14.3. The number of carboxylic acid groups (broad SMARTS) is 1. The molecule has 0 aromatic carbocycles. The fourth-order valence-corrected chi connectivity index (χ4v) is 0. The van der Waals surface area contributed by atoms with Crippen molar-refractivity contribution in [2.24, 2.45) is 5.73 Å². The molecule has 57 valence electrons. The molecule has 0 heterocycles. The number of nitrogens with two attached hydrogens (primary N) is 1. The number of carbonyl (C=O) groups excluding carboxylic acids is 1. The average molecular weight is 255 g/mol. The van der Waals surface area contributed by atoms with Gasteiger partial charge in [-0.15, -0.1) is 0 Å². The molecule has 8 heteroatoms. The van der Waals surface area contributed by atoms with E-state index in [1.54, 1.807) is 0 Å². The molecule has 0 spiro atoms. The van der Waals surface area contributed by atoms with Gasteiger partial charge in [-0.1, -0.05) is 0 Å². The van der Waals surface area contributed by atoms with Crippen molar-refractivity contribution in [3.63, 3.8) is 0 Å². The zero-order valence-corrected chi connectivity index (χ0v) is 10.7. The topological polar surface area (TPSA) is 66.2 Å². The molecule has 0 rings (SSSR count). The first-order chi connectivity index (χ1) is 2.27. The van der Waals surface area contributed by atoms with Crippen LogP contribution in [0.4, 0.5) is 0 Å². The van der Waals surface area contributed by atoms with Gasteiger partial charge in [0.2, 0.25) is 0 Å². The van der Waals surface area contributed by atoms with Gasteiger partial charge in [-0.3, -0.25) is 0 Å². The summed E-state index contributed by atoms with van der Waals surface area (Å²) in [4.78, 5) is 9.13. The van der Waals surface area contributed by atoms with Crippen LogP contribution in [0.5, 0.6) is 0 Å². The van der Waals surface area contributed by atoms with E-state index in [1.807, 2.05) is 0 Å². The summed E-state index contributed by atoms with van der Waals surface area (Å²) in [6.07, 6.45) is 0. The Bertz CT molecular complexity index is 59.8. The van der Waals surface area contributed by atoms with E-state index in [2.05, 4.69) is 5.73 Å². The third kappa shape index (κ3) is 52.2. The summed E-state index contributed by atoms with van der Waals surface area (Å²) in [6.45, 7) is -0.389. The van der Waals surface area contributed by atoms with Crippen molar-refractivity contribution in [2.45, 2.75) is 0 Å². The monoisotopic (exact) mass is 254 g/mol. The van der Waals surface area contributed by atoms with Crippen LogP contribution in [0.25, 0.3) is 0 Å². The average Bonchev–Trinajstić information content (AvgIpc) is 1.38. The number of hydrogen-bond acceptors (Lipinski definition) is 3. The van der Waals surface area contributed by atoms with E-state index in [0.29, 0.717) is 0 Å². The van der Waals surface area contributed by atoms with E-state index in [-0.39, 0.29) is 90.7 Å². The standard InChI is InChI=1S/C2H5NO2.3ClH.Cr.Na/c3-1-2(4)5;;;;;/h1,3H2,(H,4,5);3*1H;;/q;;;;+3;+1/p-4. The molecule has 0 aliphatic heterocycles. The van der Waals surface area contributed by atoms with Crippen LogP contribution in [0, 0.1) is 0 Å². The van der Waals surface area contributed by atoms with Gasteiger partial charge in [0.25, 0.3) is 0 Å². The molecular weight excluding hydrogens is 251 g/mol. The Labute approximate surface area is 111 Å². The molecule has 0 saturated heterocycles. The van der Waals surface area contributed by atoms with E-state index in [9.17, 15) is 0 Å². The zero-order valence-electron chi connectivity index (χ0n) is 5.14. The molecule has 0 aliphatic rings. The molecule has 0 atom stereocenters. The van der Waals surface area contributed by atoms with Gasteiger partial charge in [0.15, 0.2) is 0 Å². The molecule has 0 aliphatic carbocycles. The third-order valence-electron chi connectivity index (χ3n) is 0.167. The van der Waals surface area contributed by atoms with E-state index in [4.69, 9.17) is 9.90 Å². The van der Waals surface area contributed by atoms with Crippen LogP contribution < -0.4 is 77.6 Å². The Balaban J connectivity index is -0.00000000800. The summed E-state index contributed by atoms with van der Waals surface area (Å²) in [5, 5.41) is 9.13. The number of aliphatic carboxylic acids is 1. The summed E-state index contributed by atoms with van der Waals surface area (Å²) in [5.41, 5.74) is 4.51. The van der Waals surface area contributed by atoms with Gasteiger partial charge in [-0.05, 0) is 0 Å². The third-order valence-corrected chi connectivity index (χ3v) is 0.167. The Morgan fingerprint density at radius 3 is 1.40 bits per heavy atom. The maximum Gasteiger partial charge on any atom is 3.00 e. The number of carboxylic acids is 1. The number of halogens is 3. The summed E-state index contributed by atoms with van der Waals surface area (Å²) in [5.74, 6) is -1.22. The normalized spacial score (nSPS) is 3.70. The molecular formula is C2H4Cl3CrNNaO2. The van der Waals surface area contributed by atoms with Crippen LogP contribution in [-0.4, -0.2) is 12.5 Å². The maximum absolute atomic E-state index is 9.13.